The van der Waals surface area contributed by atoms with Gasteiger partial charge in [-0.25, -0.2) is 0 Å². The summed E-state index contributed by atoms with van der Waals surface area (Å²) < 4.78 is 5.09. The number of methoxy groups -OCH3 is 1. The number of carbonyl (C=O) groups excluding carboxylic acids is 1. The van der Waals surface area contributed by atoms with Gasteiger partial charge in [-0.2, -0.15) is 0 Å². The highest BCUT2D eigenvalue weighted by Gasteiger charge is 2.65. The second-order valence-corrected chi connectivity index (χ2v) is 14.7. The normalized spacial score (nSPS) is 46.6. The smallest absolute Gasteiger partial charge is 0.305 e. The molecule has 188 valence electrons. The average molecular weight is 457 g/mol. The second-order valence-electron chi connectivity index (χ2n) is 14.7. The number of allylic oxidation sites excluding steroid dienone is 2. The standard InChI is InChI=1S/C31H52O2/c1-21(2)22-12-15-31(8)25(29(22,6)14-13-26(32)33-9)11-10-23-24-20-27(3,4)16-17-28(24,5)18-19-30(23,31)7/h10,21-22,24-25H,11-20H2,1-9H3/t22-,24+,25+,28+,29-,30+,31+/m0/s1. The molecule has 3 fully saturated rings. The third-order valence-corrected chi connectivity index (χ3v) is 12.3. The Labute approximate surface area is 204 Å². The molecule has 2 nitrogen and oxygen atoms in total. The molecular weight excluding hydrogens is 404 g/mol. The van der Waals surface area contributed by atoms with Crippen LogP contribution in [0.1, 0.15) is 120 Å². The Kier molecular flexibility index (Phi) is 6.23. The van der Waals surface area contributed by atoms with Crippen molar-refractivity contribution in [1.29, 1.82) is 0 Å². The topological polar surface area (TPSA) is 26.3 Å². The minimum Gasteiger partial charge on any atom is -0.469 e. The van der Waals surface area contributed by atoms with Crippen molar-refractivity contribution < 1.29 is 9.53 Å². The molecule has 0 aliphatic heterocycles. The summed E-state index contributed by atoms with van der Waals surface area (Å²) in [5.41, 5.74) is 3.59. The van der Waals surface area contributed by atoms with Gasteiger partial charge < -0.3 is 4.74 Å². The van der Waals surface area contributed by atoms with Crippen LogP contribution in [0.15, 0.2) is 11.6 Å². The lowest BCUT2D eigenvalue weighted by atomic mass is 9.35. The Morgan fingerprint density at radius 1 is 1.03 bits per heavy atom. The molecular formula is C31H52O2. The monoisotopic (exact) mass is 456 g/mol. The first-order valence-electron chi connectivity index (χ1n) is 14.0. The van der Waals surface area contributed by atoms with E-state index < -0.39 is 0 Å². The lowest BCUT2D eigenvalue weighted by Gasteiger charge is -2.69. The van der Waals surface area contributed by atoms with Gasteiger partial charge >= 0.3 is 5.97 Å². The molecule has 2 heteroatoms. The fourth-order valence-corrected chi connectivity index (χ4v) is 9.84. The molecule has 0 spiro atoms. The van der Waals surface area contributed by atoms with E-state index in [1.54, 1.807) is 0 Å². The number of ether oxygens (including phenoxy) is 1. The van der Waals surface area contributed by atoms with Crippen LogP contribution in [0, 0.1) is 50.7 Å². The molecule has 0 saturated heterocycles. The van der Waals surface area contributed by atoms with E-state index in [1.165, 1.54) is 58.5 Å². The summed E-state index contributed by atoms with van der Waals surface area (Å²) in [6.45, 7) is 20.3. The van der Waals surface area contributed by atoms with E-state index in [2.05, 4.69) is 61.5 Å². The molecule has 0 heterocycles. The van der Waals surface area contributed by atoms with E-state index in [4.69, 9.17) is 4.74 Å². The van der Waals surface area contributed by atoms with Crippen LogP contribution in [0.5, 0.6) is 0 Å². The summed E-state index contributed by atoms with van der Waals surface area (Å²) in [6, 6.07) is 0. The molecule has 0 bridgehead atoms. The molecule has 3 saturated carbocycles. The van der Waals surface area contributed by atoms with E-state index in [9.17, 15) is 4.79 Å². The van der Waals surface area contributed by atoms with Crippen molar-refractivity contribution in [1.82, 2.24) is 0 Å². The average Bonchev–Trinajstić information content (AvgIpc) is 2.73. The Balaban J connectivity index is 1.76. The van der Waals surface area contributed by atoms with E-state index in [0.29, 0.717) is 45.8 Å². The Bertz CT molecular complexity index is 808. The van der Waals surface area contributed by atoms with Crippen LogP contribution in [0.4, 0.5) is 0 Å². The zero-order chi connectivity index (χ0) is 24.4. The van der Waals surface area contributed by atoms with Gasteiger partial charge in [0.1, 0.15) is 0 Å². The summed E-state index contributed by atoms with van der Waals surface area (Å²) in [5.74, 6) is 2.69. The molecule has 0 aromatic rings. The molecule has 0 amide bonds. The maximum atomic E-state index is 12.2. The van der Waals surface area contributed by atoms with Crippen LogP contribution in [-0.4, -0.2) is 13.1 Å². The van der Waals surface area contributed by atoms with E-state index >= 15 is 0 Å². The summed E-state index contributed by atoms with van der Waals surface area (Å²) in [6.07, 6.45) is 15.0. The molecule has 4 aliphatic carbocycles. The maximum absolute atomic E-state index is 12.2. The third-order valence-electron chi connectivity index (χ3n) is 12.3. The largest absolute Gasteiger partial charge is 0.469 e. The molecule has 33 heavy (non-hydrogen) atoms. The zero-order valence-electron chi connectivity index (χ0n) is 23.3. The fourth-order valence-electron chi connectivity index (χ4n) is 9.84. The van der Waals surface area contributed by atoms with Gasteiger partial charge in [-0.3, -0.25) is 4.79 Å². The predicted octanol–water partition coefficient (Wildman–Crippen LogP) is 8.60. The van der Waals surface area contributed by atoms with Gasteiger partial charge in [0.15, 0.2) is 0 Å². The molecule has 0 radical (unpaired) electrons. The van der Waals surface area contributed by atoms with Crippen LogP contribution >= 0.6 is 0 Å². The number of rotatable bonds is 4. The zero-order valence-corrected chi connectivity index (χ0v) is 23.3. The third kappa shape index (κ3) is 3.76. The maximum Gasteiger partial charge on any atom is 0.305 e. The van der Waals surface area contributed by atoms with Gasteiger partial charge in [0.25, 0.3) is 0 Å². The number of carbonyl (C=O) groups is 1. The van der Waals surface area contributed by atoms with Crippen molar-refractivity contribution in [3.8, 4) is 0 Å². The first kappa shape index (κ1) is 25.3. The Morgan fingerprint density at radius 2 is 1.70 bits per heavy atom. The summed E-state index contributed by atoms with van der Waals surface area (Å²) in [5, 5.41) is 0. The van der Waals surface area contributed by atoms with Crippen LogP contribution < -0.4 is 0 Å². The van der Waals surface area contributed by atoms with Gasteiger partial charge in [-0.15, -0.1) is 0 Å². The van der Waals surface area contributed by atoms with Crippen LogP contribution in [0.25, 0.3) is 0 Å². The number of hydrogen-bond acceptors (Lipinski definition) is 2. The highest BCUT2D eigenvalue weighted by molar-refractivity contribution is 5.69. The highest BCUT2D eigenvalue weighted by atomic mass is 16.5. The van der Waals surface area contributed by atoms with E-state index in [1.807, 2.05) is 5.57 Å². The van der Waals surface area contributed by atoms with Crippen molar-refractivity contribution >= 4 is 5.97 Å². The Hall–Kier alpha value is -0.790. The summed E-state index contributed by atoms with van der Waals surface area (Å²) >= 11 is 0. The fraction of sp³-hybridized carbons (Fsp3) is 0.903. The van der Waals surface area contributed by atoms with Crippen molar-refractivity contribution in [3.05, 3.63) is 11.6 Å². The van der Waals surface area contributed by atoms with Crippen molar-refractivity contribution in [2.75, 3.05) is 7.11 Å². The van der Waals surface area contributed by atoms with Crippen LogP contribution in [0.3, 0.4) is 0 Å². The molecule has 0 aromatic carbocycles. The van der Waals surface area contributed by atoms with E-state index in [-0.39, 0.29) is 11.4 Å². The molecule has 4 aliphatic rings. The first-order chi connectivity index (χ1) is 15.2. The molecule has 7 atom stereocenters. The second kappa shape index (κ2) is 8.12. The summed E-state index contributed by atoms with van der Waals surface area (Å²) in [4.78, 5) is 12.2. The molecule has 0 unspecified atom stereocenters. The number of hydrogen-bond donors (Lipinski definition) is 0. The highest BCUT2D eigenvalue weighted by Crippen LogP contribution is 2.74. The van der Waals surface area contributed by atoms with E-state index in [0.717, 1.165) is 12.3 Å². The van der Waals surface area contributed by atoms with Gasteiger partial charge in [0.05, 0.1) is 7.11 Å². The molecule has 4 rings (SSSR count). The van der Waals surface area contributed by atoms with Crippen molar-refractivity contribution in [3.63, 3.8) is 0 Å². The van der Waals surface area contributed by atoms with Crippen LogP contribution in [-0.2, 0) is 9.53 Å². The molecule has 0 aromatic heterocycles. The lowest BCUT2D eigenvalue weighted by Crippen LogP contribution is -2.61. The lowest BCUT2D eigenvalue weighted by molar-refractivity contribution is -0.159. The minimum absolute atomic E-state index is 0.0397. The van der Waals surface area contributed by atoms with Gasteiger partial charge in [0.2, 0.25) is 0 Å². The van der Waals surface area contributed by atoms with Crippen molar-refractivity contribution in [2.45, 2.75) is 120 Å². The summed E-state index contributed by atoms with van der Waals surface area (Å²) in [7, 11) is 1.54. The molecule has 0 N–H and O–H groups in total. The van der Waals surface area contributed by atoms with Gasteiger partial charge in [-0.1, -0.05) is 67.0 Å². The SMILES string of the molecule is COC(=O)CC[C@]1(C)[C@H]2CC=C3[C@H]4CC(C)(C)CC[C@]4(C)CC[C@@]3(C)[C@]2(C)CC[C@H]1C(C)C. The van der Waals surface area contributed by atoms with Gasteiger partial charge in [-0.05, 0) is 109 Å². The number of esters is 1. The minimum atomic E-state index is -0.0397. The Morgan fingerprint density at radius 3 is 2.33 bits per heavy atom. The van der Waals surface area contributed by atoms with Gasteiger partial charge in [0, 0.05) is 6.42 Å². The first-order valence-corrected chi connectivity index (χ1v) is 14.0. The van der Waals surface area contributed by atoms with Crippen LogP contribution in [0.2, 0.25) is 0 Å². The van der Waals surface area contributed by atoms with Crippen molar-refractivity contribution in [2.24, 2.45) is 50.7 Å². The predicted molar refractivity (Wildman–Crippen MR) is 138 cm³/mol. The quantitative estimate of drug-likeness (QED) is 0.313. The number of fused-ring (bicyclic) bond motifs is 5.